The predicted octanol–water partition coefficient (Wildman–Crippen LogP) is 5.24. The zero-order valence-corrected chi connectivity index (χ0v) is 18.5. The molecule has 8 heteroatoms. The number of carbonyl (C=O) groups is 1. The van der Waals surface area contributed by atoms with Gasteiger partial charge < -0.3 is 23.9 Å². The number of rotatable bonds is 7. The summed E-state index contributed by atoms with van der Waals surface area (Å²) in [6.45, 7) is 4.04. The SMILES string of the molecule is COCc1c(OC(=O)OC(C)C)ncc2[nH]c3ccc(OCc4ccc(C#N)cc4)cc3c12. The molecule has 0 aliphatic carbocycles. The summed E-state index contributed by atoms with van der Waals surface area (Å²) in [6, 6.07) is 15.1. The van der Waals surface area contributed by atoms with Gasteiger partial charge >= 0.3 is 6.16 Å². The fourth-order valence-corrected chi connectivity index (χ4v) is 3.52. The number of fused-ring (bicyclic) bond motifs is 3. The van der Waals surface area contributed by atoms with Crippen molar-refractivity contribution in [2.75, 3.05) is 7.11 Å². The van der Waals surface area contributed by atoms with Crippen LogP contribution in [-0.4, -0.2) is 29.3 Å². The van der Waals surface area contributed by atoms with Crippen LogP contribution >= 0.6 is 0 Å². The number of hydrogen-bond donors (Lipinski definition) is 1. The molecule has 0 saturated heterocycles. The molecule has 4 rings (SSSR count). The fraction of sp³-hybridized carbons (Fsp3) is 0.240. The summed E-state index contributed by atoms with van der Waals surface area (Å²) < 4.78 is 21.8. The third kappa shape index (κ3) is 4.89. The van der Waals surface area contributed by atoms with Gasteiger partial charge in [0.05, 0.1) is 41.6 Å². The maximum Gasteiger partial charge on any atom is 0.515 e. The molecule has 0 aliphatic rings. The Kier molecular flexibility index (Phi) is 6.43. The summed E-state index contributed by atoms with van der Waals surface area (Å²) >= 11 is 0. The van der Waals surface area contributed by atoms with Gasteiger partial charge in [-0.05, 0) is 49.7 Å². The van der Waals surface area contributed by atoms with Crippen molar-refractivity contribution in [1.29, 1.82) is 5.26 Å². The number of pyridine rings is 1. The van der Waals surface area contributed by atoms with Crippen LogP contribution in [0.4, 0.5) is 4.79 Å². The van der Waals surface area contributed by atoms with E-state index < -0.39 is 6.16 Å². The molecule has 1 N–H and O–H groups in total. The number of aromatic nitrogens is 2. The average molecular weight is 445 g/mol. The monoisotopic (exact) mass is 445 g/mol. The minimum Gasteiger partial charge on any atom is -0.489 e. The number of nitrogens with one attached hydrogen (secondary N) is 1. The van der Waals surface area contributed by atoms with E-state index in [9.17, 15) is 4.79 Å². The maximum atomic E-state index is 12.1. The Balaban J connectivity index is 1.68. The third-order valence-corrected chi connectivity index (χ3v) is 4.96. The van der Waals surface area contributed by atoms with Crippen LogP contribution < -0.4 is 9.47 Å². The highest BCUT2D eigenvalue weighted by atomic mass is 16.7. The third-order valence-electron chi connectivity index (χ3n) is 4.96. The van der Waals surface area contributed by atoms with Gasteiger partial charge in [-0.3, -0.25) is 0 Å². The summed E-state index contributed by atoms with van der Waals surface area (Å²) in [6.07, 6.45) is 0.487. The van der Waals surface area contributed by atoms with Crippen LogP contribution in [-0.2, 0) is 22.7 Å². The topological polar surface area (TPSA) is 106 Å². The lowest BCUT2D eigenvalue weighted by Crippen LogP contribution is -2.17. The van der Waals surface area contributed by atoms with Crippen molar-refractivity contribution in [3.8, 4) is 17.7 Å². The highest BCUT2D eigenvalue weighted by Gasteiger charge is 2.19. The van der Waals surface area contributed by atoms with Crippen molar-refractivity contribution >= 4 is 28.0 Å². The molecule has 33 heavy (non-hydrogen) atoms. The molecular weight excluding hydrogens is 422 g/mol. The van der Waals surface area contributed by atoms with Crippen molar-refractivity contribution in [3.05, 3.63) is 65.4 Å². The minimum absolute atomic E-state index is 0.139. The van der Waals surface area contributed by atoms with Gasteiger partial charge in [0.1, 0.15) is 12.4 Å². The molecule has 2 aromatic carbocycles. The number of nitriles is 1. The Hall–Kier alpha value is -4.09. The molecule has 0 aliphatic heterocycles. The number of H-pyrrole nitrogens is 1. The molecule has 0 bridgehead atoms. The van der Waals surface area contributed by atoms with E-state index in [1.54, 1.807) is 39.3 Å². The summed E-state index contributed by atoms with van der Waals surface area (Å²) in [5, 5.41) is 10.7. The van der Waals surface area contributed by atoms with Crippen LogP contribution in [0.2, 0.25) is 0 Å². The first kappa shape index (κ1) is 22.1. The quantitative estimate of drug-likeness (QED) is 0.388. The smallest absolute Gasteiger partial charge is 0.489 e. The van der Waals surface area contributed by atoms with Gasteiger partial charge in [0.25, 0.3) is 0 Å². The number of methoxy groups -OCH3 is 1. The van der Waals surface area contributed by atoms with E-state index in [0.717, 1.165) is 27.4 Å². The summed E-state index contributed by atoms with van der Waals surface area (Å²) in [4.78, 5) is 19.7. The minimum atomic E-state index is -0.819. The number of ether oxygens (including phenoxy) is 4. The van der Waals surface area contributed by atoms with Crippen molar-refractivity contribution in [2.24, 2.45) is 0 Å². The van der Waals surface area contributed by atoms with Gasteiger partial charge in [0.2, 0.25) is 5.88 Å². The van der Waals surface area contributed by atoms with E-state index in [1.165, 1.54) is 0 Å². The van der Waals surface area contributed by atoms with E-state index in [4.69, 9.17) is 24.2 Å². The Labute approximate surface area is 190 Å². The van der Waals surface area contributed by atoms with Gasteiger partial charge in [-0.25, -0.2) is 9.78 Å². The van der Waals surface area contributed by atoms with Crippen molar-refractivity contribution in [1.82, 2.24) is 9.97 Å². The predicted molar refractivity (Wildman–Crippen MR) is 122 cm³/mol. The summed E-state index contributed by atoms with van der Waals surface area (Å²) in [5.41, 5.74) is 3.86. The van der Waals surface area contributed by atoms with Gasteiger partial charge in [0, 0.05) is 23.4 Å². The fourth-order valence-electron chi connectivity index (χ4n) is 3.52. The molecule has 0 amide bonds. The van der Waals surface area contributed by atoms with Gasteiger partial charge in [-0.15, -0.1) is 0 Å². The van der Waals surface area contributed by atoms with E-state index in [-0.39, 0.29) is 18.6 Å². The lowest BCUT2D eigenvalue weighted by atomic mass is 10.1. The zero-order chi connectivity index (χ0) is 23.4. The molecule has 0 radical (unpaired) electrons. The number of carbonyl (C=O) groups excluding carboxylic acids is 1. The van der Waals surface area contributed by atoms with E-state index in [0.29, 0.717) is 23.5 Å². The first-order valence-electron chi connectivity index (χ1n) is 10.4. The van der Waals surface area contributed by atoms with E-state index >= 15 is 0 Å². The first-order chi connectivity index (χ1) is 16.0. The van der Waals surface area contributed by atoms with Gasteiger partial charge in [-0.1, -0.05) is 12.1 Å². The van der Waals surface area contributed by atoms with Crippen LogP contribution in [0.5, 0.6) is 11.6 Å². The van der Waals surface area contributed by atoms with Gasteiger partial charge in [0.15, 0.2) is 0 Å². The largest absolute Gasteiger partial charge is 0.515 e. The average Bonchev–Trinajstić information content (AvgIpc) is 3.17. The zero-order valence-electron chi connectivity index (χ0n) is 18.5. The molecule has 0 fully saturated rings. The first-order valence-corrected chi connectivity index (χ1v) is 10.4. The molecule has 2 aromatic heterocycles. The Morgan fingerprint density at radius 1 is 1.12 bits per heavy atom. The second-order valence-electron chi connectivity index (χ2n) is 7.71. The molecule has 8 nitrogen and oxygen atoms in total. The van der Waals surface area contributed by atoms with Crippen LogP contribution in [0, 0.1) is 11.3 Å². The normalized spacial score (nSPS) is 11.0. The van der Waals surface area contributed by atoms with E-state index in [1.807, 2.05) is 30.3 Å². The standard InChI is InChI=1S/C25H23N3O5/c1-15(2)32-25(29)33-24-20(14-30-3)23-19-10-18(8-9-21(19)28-22(23)12-27-24)31-13-17-6-4-16(11-26)5-7-17/h4-10,12,15,28H,13-14H2,1-3H3. The van der Waals surface area contributed by atoms with E-state index in [2.05, 4.69) is 16.0 Å². The second kappa shape index (κ2) is 9.59. The lowest BCUT2D eigenvalue weighted by Gasteiger charge is -2.12. The van der Waals surface area contributed by atoms with Crippen LogP contribution in [0.25, 0.3) is 21.8 Å². The van der Waals surface area contributed by atoms with Crippen LogP contribution in [0.15, 0.2) is 48.7 Å². The van der Waals surface area contributed by atoms with Crippen LogP contribution in [0.1, 0.15) is 30.5 Å². The molecule has 4 aromatic rings. The summed E-state index contributed by atoms with van der Waals surface area (Å²) in [7, 11) is 1.57. The number of benzene rings is 2. The molecule has 0 spiro atoms. The maximum absolute atomic E-state index is 12.1. The van der Waals surface area contributed by atoms with Crippen molar-refractivity contribution in [3.63, 3.8) is 0 Å². The lowest BCUT2D eigenvalue weighted by molar-refractivity contribution is 0.0705. The highest BCUT2D eigenvalue weighted by molar-refractivity contribution is 6.09. The molecule has 168 valence electrons. The van der Waals surface area contributed by atoms with Crippen molar-refractivity contribution < 1.29 is 23.7 Å². The second-order valence-corrected chi connectivity index (χ2v) is 7.71. The Morgan fingerprint density at radius 3 is 2.61 bits per heavy atom. The number of nitrogens with zero attached hydrogens (tertiary/aromatic N) is 2. The highest BCUT2D eigenvalue weighted by Crippen LogP contribution is 2.35. The molecule has 0 saturated carbocycles. The van der Waals surface area contributed by atoms with Crippen molar-refractivity contribution in [2.45, 2.75) is 33.2 Å². The molecule has 0 atom stereocenters. The summed E-state index contributed by atoms with van der Waals surface area (Å²) in [5.74, 6) is 0.814. The molecule has 2 heterocycles. The molecular formula is C25H23N3O5. The van der Waals surface area contributed by atoms with Gasteiger partial charge in [-0.2, -0.15) is 5.26 Å². The Bertz CT molecular complexity index is 1340. The Morgan fingerprint density at radius 2 is 1.91 bits per heavy atom. The number of aromatic amines is 1. The molecule has 0 unspecified atom stereocenters. The number of hydrogen-bond acceptors (Lipinski definition) is 7. The van der Waals surface area contributed by atoms with Crippen LogP contribution in [0.3, 0.4) is 0 Å².